The number of nitrogen functional groups attached to an aromatic ring is 1. The molecule has 14 nitrogen and oxygen atoms in total. The molecule has 30 heavy (non-hydrogen) atoms. The molecule has 0 amide bonds. The van der Waals surface area contributed by atoms with Crippen LogP contribution in [0.5, 0.6) is 0 Å². The van der Waals surface area contributed by atoms with Crippen molar-refractivity contribution in [2.75, 3.05) is 36.0 Å². The Balaban J connectivity index is 1.52. The van der Waals surface area contributed by atoms with Crippen LogP contribution in [-0.2, 0) is 4.74 Å². The van der Waals surface area contributed by atoms with Gasteiger partial charge in [0.05, 0.1) is 6.33 Å². The fourth-order valence-corrected chi connectivity index (χ4v) is 3.39. The standard InChI is InChI=1S/C16H20N8O6/c17-1-2-19-6-7(11(27)10(6)26)20-3-5-9(25)12(28)15(30-5)24-4-21-8-13(24)22-16(18)23-14(8)29/h4-5,9,12,15,19-20,25,28H,1-3,17H2,(H3,18,22,23,29)/t5-,9-,12-,15-/m1/s1. The highest BCUT2D eigenvalue weighted by Gasteiger charge is 2.44. The van der Waals surface area contributed by atoms with Gasteiger partial charge >= 0.3 is 0 Å². The van der Waals surface area contributed by atoms with E-state index in [9.17, 15) is 24.6 Å². The minimum atomic E-state index is -1.38. The van der Waals surface area contributed by atoms with Crippen LogP contribution >= 0.6 is 0 Å². The SMILES string of the molecule is NCCNc1c(NC[C@H]2O[C@@H](n3cnc4c(=O)[nH]c(N)nc43)[C@H](O)[C@@H]2O)c(=O)c1=O. The highest BCUT2D eigenvalue weighted by atomic mass is 16.6. The summed E-state index contributed by atoms with van der Waals surface area (Å²) in [5.41, 5.74) is 9.30. The third-order valence-electron chi connectivity index (χ3n) is 4.90. The first-order chi connectivity index (χ1) is 14.3. The average molecular weight is 420 g/mol. The number of nitrogens with two attached hydrogens (primary N) is 2. The van der Waals surface area contributed by atoms with Crippen molar-refractivity contribution < 1.29 is 14.9 Å². The lowest BCUT2D eigenvalue weighted by molar-refractivity contribution is -0.0312. The van der Waals surface area contributed by atoms with Crippen LogP contribution in [0.4, 0.5) is 17.3 Å². The quantitative estimate of drug-likeness (QED) is 0.184. The molecule has 3 heterocycles. The topological polar surface area (TPSA) is 224 Å². The molecule has 4 atom stereocenters. The molecule has 1 fully saturated rings. The van der Waals surface area contributed by atoms with Crippen molar-refractivity contribution in [2.45, 2.75) is 24.5 Å². The maximum Gasteiger partial charge on any atom is 0.280 e. The summed E-state index contributed by atoms with van der Waals surface area (Å²) >= 11 is 0. The smallest absolute Gasteiger partial charge is 0.280 e. The first-order valence-corrected chi connectivity index (χ1v) is 9.08. The molecule has 160 valence electrons. The Morgan fingerprint density at radius 1 is 1.17 bits per heavy atom. The van der Waals surface area contributed by atoms with Gasteiger partial charge in [-0.2, -0.15) is 4.98 Å². The molecule has 1 saturated heterocycles. The first kappa shape index (κ1) is 20.0. The predicted octanol–water partition coefficient (Wildman–Crippen LogP) is -3.60. The fraction of sp³-hybridized carbons (Fsp3) is 0.438. The molecule has 0 radical (unpaired) electrons. The van der Waals surface area contributed by atoms with Crippen molar-refractivity contribution in [3.05, 3.63) is 37.1 Å². The van der Waals surface area contributed by atoms with Crippen molar-refractivity contribution in [1.82, 2.24) is 19.5 Å². The summed E-state index contributed by atoms with van der Waals surface area (Å²) in [5, 5.41) is 26.3. The number of aliphatic hydroxyl groups is 2. The number of anilines is 3. The van der Waals surface area contributed by atoms with Crippen molar-refractivity contribution >= 4 is 28.5 Å². The number of hydrogen-bond donors (Lipinski definition) is 7. The van der Waals surface area contributed by atoms with Gasteiger partial charge in [-0.3, -0.25) is 23.9 Å². The summed E-state index contributed by atoms with van der Waals surface area (Å²) in [7, 11) is 0. The van der Waals surface area contributed by atoms with Crippen LogP contribution in [-0.4, -0.2) is 67.7 Å². The molecule has 1 aromatic carbocycles. The molecular formula is C16H20N8O6. The van der Waals surface area contributed by atoms with Gasteiger partial charge < -0.3 is 37.1 Å². The first-order valence-electron chi connectivity index (χ1n) is 9.08. The summed E-state index contributed by atoms with van der Waals surface area (Å²) in [6, 6.07) is 0. The number of aliphatic hydroxyl groups excluding tert-OH is 2. The molecule has 2 aromatic heterocycles. The van der Waals surface area contributed by atoms with Gasteiger partial charge in [-0.25, -0.2) is 4.98 Å². The van der Waals surface area contributed by atoms with Crippen molar-refractivity contribution in [1.29, 1.82) is 0 Å². The molecule has 4 rings (SSSR count). The minimum absolute atomic E-state index is 0.00424. The van der Waals surface area contributed by atoms with E-state index in [4.69, 9.17) is 16.2 Å². The van der Waals surface area contributed by atoms with E-state index in [2.05, 4.69) is 25.6 Å². The van der Waals surface area contributed by atoms with Gasteiger partial charge in [0.1, 0.15) is 29.7 Å². The second-order valence-electron chi connectivity index (χ2n) is 6.83. The van der Waals surface area contributed by atoms with E-state index in [1.54, 1.807) is 0 Å². The summed E-state index contributed by atoms with van der Waals surface area (Å²) in [5.74, 6) is -0.141. The van der Waals surface area contributed by atoms with Gasteiger partial charge in [-0.15, -0.1) is 0 Å². The van der Waals surface area contributed by atoms with Crippen LogP contribution < -0.4 is 38.5 Å². The zero-order valence-corrected chi connectivity index (χ0v) is 15.5. The van der Waals surface area contributed by atoms with E-state index in [-0.39, 0.29) is 41.6 Å². The van der Waals surface area contributed by atoms with Crippen LogP contribution in [0.25, 0.3) is 11.2 Å². The Morgan fingerprint density at radius 2 is 1.87 bits per heavy atom. The van der Waals surface area contributed by atoms with Gasteiger partial charge in [0.2, 0.25) is 5.95 Å². The summed E-state index contributed by atoms with van der Waals surface area (Å²) in [6.45, 7) is 0.516. The third-order valence-corrected chi connectivity index (χ3v) is 4.90. The Hall–Kier alpha value is -3.33. The van der Waals surface area contributed by atoms with E-state index in [1.165, 1.54) is 10.9 Å². The second-order valence-corrected chi connectivity index (χ2v) is 6.83. The van der Waals surface area contributed by atoms with Crippen LogP contribution in [0.15, 0.2) is 20.7 Å². The Bertz CT molecular complexity index is 1210. The molecular weight excluding hydrogens is 400 g/mol. The highest BCUT2D eigenvalue weighted by Crippen LogP contribution is 2.31. The number of rotatable bonds is 7. The van der Waals surface area contributed by atoms with E-state index < -0.39 is 41.0 Å². The molecule has 0 unspecified atom stereocenters. The zero-order valence-electron chi connectivity index (χ0n) is 15.5. The molecule has 0 saturated carbocycles. The lowest BCUT2D eigenvalue weighted by Crippen LogP contribution is -2.41. The molecule has 0 spiro atoms. The number of imidazole rings is 1. The summed E-state index contributed by atoms with van der Waals surface area (Å²) < 4.78 is 7.02. The minimum Gasteiger partial charge on any atom is -0.387 e. The van der Waals surface area contributed by atoms with Crippen LogP contribution in [0.2, 0.25) is 0 Å². The zero-order chi connectivity index (χ0) is 21.6. The van der Waals surface area contributed by atoms with Gasteiger partial charge in [-0.1, -0.05) is 0 Å². The van der Waals surface area contributed by atoms with Crippen molar-refractivity contribution in [3.63, 3.8) is 0 Å². The van der Waals surface area contributed by atoms with Gasteiger partial charge in [0, 0.05) is 19.6 Å². The van der Waals surface area contributed by atoms with E-state index in [0.29, 0.717) is 6.54 Å². The average Bonchev–Trinajstić information content (AvgIpc) is 3.25. The number of ether oxygens (including phenoxy) is 1. The number of nitrogens with one attached hydrogen (secondary N) is 3. The monoisotopic (exact) mass is 420 g/mol. The summed E-state index contributed by atoms with van der Waals surface area (Å²) in [6.07, 6.45) is -3.50. The number of H-pyrrole nitrogens is 1. The Kier molecular flexibility index (Phi) is 4.98. The van der Waals surface area contributed by atoms with Crippen LogP contribution in [0.3, 0.4) is 0 Å². The predicted molar refractivity (Wildman–Crippen MR) is 106 cm³/mol. The van der Waals surface area contributed by atoms with Gasteiger partial charge in [0.15, 0.2) is 17.4 Å². The normalized spacial score (nSPS) is 24.0. The Morgan fingerprint density at radius 3 is 2.57 bits per heavy atom. The molecule has 3 aromatic rings. The van der Waals surface area contributed by atoms with E-state index in [0.717, 1.165) is 0 Å². The largest absolute Gasteiger partial charge is 0.387 e. The van der Waals surface area contributed by atoms with Gasteiger partial charge in [-0.05, 0) is 0 Å². The number of aromatic nitrogens is 4. The molecule has 1 aliphatic rings. The third kappa shape index (κ3) is 3.11. The van der Waals surface area contributed by atoms with E-state index in [1.807, 2.05) is 0 Å². The molecule has 9 N–H and O–H groups in total. The summed E-state index contributed by atoms with van der Waals surface area (Å²) in [4.78, 5) is 45.6. The van der Waals surface area contributed by atoms with Crippen LogP contribution in [0.1, 0.15) is 6.23 Å². The Labute approximate surface area is 167 Å². The second kappa shape index (κ2) is 7.49. The van der Waals surface area contributed by atoms with Crippen LogP contribution in [0, 0.1) is 0 Å². The number of fused-ring (bicyclic) bond motifs is 1. The molecule has 1 aliphatic heterocycles. The van der Waals surface area contributed by atoms with Crippen molar-refractivity contribution in [2.24, 2.45) is 5.73 Å². The fourth-order valence-electron chi connectivity index (χ4n) is 3.39. The molecule has 0 bridgehead atoms. The van der Waals surface area contributed by atoms with Gasteiger partial charge in [0.25, 0.3) is 16.4 Å². The molecule has 14 heteroatoms. The lowest BCUT2D eigenvalue weighted by Gasteiger charge is -2.19. The molecule has 0 aliphatic carbocycles. The number of hydrogen-bond acceptors (Lipinski definition) is 12. The number of aromatic amines is 1. The lowest BCUT2D eigenvalue weighted by atomic mass is 10.1. The van der Waals surface area contributed by atoms with Crippen molar-refractivity contribution in [3.8, 4) is 0 Å². The maximum absolute atomic E-state index is 11.9. The number of nitrogens with zero attached hydrogens (tertiary/aromatic N) is 3. The highest BCUT2D eigenvalue weighted by molar-refractivity contribution is 5.74. The maximum atomic E-state index is 11.9. The van der Waals surface area contributed by atoms with E-state index >= 15 is 0 Å².